The highest BCUT2D eigenvalue weighted by atomic mass is 16.1. The van der Waals surface area contributed by atoms with Gasteiger partial charge in [0.15, 0.2) is 0 Å². The lowest BCUT2D eigenvalue weighted by Crippen LogP contribution is -2.39. The molecule has 1 saturated heterocycles. The normalized spacial score (nSPS) is 20.2. The van der Waals surface area contributed by atoms with Crippen LogP contribution in [0, 0.1) is 12.8 Å². The van der Waals surface area contributed by atoms with E-state index in [9.17, 15) is 4.79 Å². The summed E-state index contributed by atoms with van der Waals surface area (Å²) in [5.41, 5.74) is 2.58. The van der Waals surface area contributed by atoms with E-state index in [1.54, 1.807) is 6.20 Å². The predicted molar refractivity (Wildman–Crippen MR) is 112 cm³/mol. The van der Waals surface area contributed by atoms with Gasteiger partial charge in [-0.2, -0.15) is 5.10 Å². The maximum absolute atomic E-state index is 12.9. The fraction of sp³-hybridized carbons (Fsp3) is 0.455. The Morgan fingerprint density at radius 1 is 1.28 bits per heavy atom. The number of carbonyl (C=O) groups excluding carboxylic acids is 1. The molecule has 1 aliphatic carbocycles. The molecule has 3 heterocycles. The lowest BCUT2D eigenvalue weighted by molar-refractivity contribution is 0.0930. The zero-order valence-corrected chi connectivity index (χ0v) is 16.9. The summed E-state index contributed by atoms with van der Waals surface area (Å²) < 4.78 is 0. The number of H-pyrrole nitrogens is 1. The van der Waals surface area contributed by atoms with Crippen LogP contribution < -0.4 is 10.2 Å². The molecule has 0 spiro atoms. The van der Waals surface area contributed by atoms with E-state index in [-0.39, 0.29) is 11.9 Å². The van der Waals surface area contributed by atoms with Gasteiger partial charge < -0.3 is 10.2 Å². The van der Waals surface area contributed by atoms with Gasteiger partial charge in [-0.05, 0) is 51.2 Å². The SMILES string of the molecule is Cc1cc(N2CCC(C(C)NC(=O)c3cccc4[nH]ncc34)C2)nc(C2CC2)n1. The van der Waals surface area contributed by atoms with Crippen LogP contribution in [0.1, 0.15) is 54.0 Å². The largest absolute Gasteiger partial charge is 0.356 e. The number of aryl methyl sites for hydroxylation is 1. The predicted octanol–water partition coefficient (Wildman–Crippen LogP) is 3.18. The first kappa shape index (κ1) is 18.1. The highest BCUT2D eigenvalue weighted by Crippen LogP contribution is 2.39. The second-order valence-electron chi connectivity index (χ2n) is 8.39. The molecule has 2 N–H and O–H groups in total. The molecule has 29 heavy (non-hydrogen) atoms. The number of benzene rings is 1. The number of nitrogens with zero attached hydrogens (tertiary/aromatic N) is 4. The topological polar surface area (TPSA) is 86.8 Å². The van der Waals surface area contributed by atoms with Gasteiger partial charge in [0.25, 0.3) is 5.91 Å². The fourth-order valence-corrected chi connectivity index (χ4v) is 4.23. The third-order valence-corrected chi connectivity index (χ3v) is 6.14. The zero-order chi connectivity index (χ0) is 20.0. The maximum Gasteiger partial charge on any atom is 0.252 e. The first-order valence-electron chi connectivity index (χ1n) is 10.4. The van der Waals surface area contributed by atoms with Gasteiger partial charge in [-0.25, -0.2) is 9.97 Å². The average Bonchev–Trinajstić information content (AvgIpc) is 3.24. The van der Waals surface area contributed by atoms with Crippen molar-refractivity contribution in [2.24, 2.45) is 5.92 Å². The number of aromatic nitrogens is 4. The first-order valence-corrected chi connectivity index (χ1v) is 10.4. The van der Waals surface area contributed by atoms with Gasteiger partial charge >= 0.3 is 0 Å². The minimum Gasteiger partial charge on any atom is -0.356 e. The van der Waals surface area contributed by atoms with Crippen molar-refractivity contribution in [1.82, 2.24) is 25.5 Å². The quantitative estimate of drug-likeness (QED) is 0.699. The smallest absolute Gasteiger partial charge is 0.252 e. The van der Waals surface area contributed by atoms with Crippen molar-refractivity contribution in [3.05, 3.63) is 47.5 Å². The Morgan fingerprint density at radius 3 is 2.97 bits per heavy atom. The summed E-state index contributed by atoms with van der Waals surface area (Å²) in [5, 5.41) is 11.0. The van der Waals surface area contributed by atoms with Crippen LogP contribution in [0.15, 0.2) is 30.5 Å². The molecule has 2 aromatic heterocycles. The minimum atomic E-state index is -0.0446. The van der Waals surface area contributed by atoms with E-state index in [4.69, 9.17) is 4.98 Å². The third kappa shape index (κ3) is 3.57. The number of rotatable bonds is 5. The number of amides is 1. The zero-order valence-electron chi connectivity index (χ0n) is 16.9. The van der Waals surface area contributed by atoms with Crippen molar-refractivity contribution in [3.63, 3.8) is 0 Å². The monoisotopic (exact) mass is 390 g/mol. The number of nitrogens with one attached hydrogen (secondary N) is 2. The summed E-state index contributed by atoms with van der Waals surface area (Å²) in [6.07, 6.45) is 5.16. The summed E-state index contributed by atoms with van der Waals surface area (Å²) in [4.78, 5) is 24.6. The lowest BCUT2D eigenvalue weighted by Gasteiger charge is -2.23. The van der Waals surface area contributed by atoms with Crippen LogP contribution in [-0.4, -0.2) is 45.2 Å². The van der Waals surface area contributed by atoms with E-state index in [1.807, 2.05) is 25.1 Å². The lowest BCUT2D eigenvalue weighted by atomic mass is 10.00. The second kappa shape index (κ2) is 7.13. The van der Waals surface area contributed by atoms with Gasteiger partial charge in [0.2, 0.25) is 0 Å². The van der Waals surface area contributed by atoms with Crippen LogP contribution in [0.5, 0.6) is 0 Å². The van der Waals surface area contributed by atoms with Crippen molar-refractivity contribution in [2.45, 2.75) is 45.1 Å². The molecule has 0 bridgehead atoms. The molecule has 3 aromatic rings. The van der Waals surface area contributed by atoms with Crippen LogP contribution in [0.2, 0.25) is 0 Å². The van der Waals surface area contributed by atoms with Gasteiger partial charge in [0.05, 0.1) is 17.3 Å². The average molecular weight is 390 g/mol. The molecular weight excluding hydrogens is 364 g/mol. The number of carbonyl (C=O) groups is 1. The van der Waals surface area contributed by atoms with Gasteiger partial charge in [-0.3, -0.25) is 9.89 Å². The highest BCUT2D eigenvalue weighted by Gasteiger charge is 2.31. The molecular formula is C22H26N6O. The summed E-state index contributed by atoms with van der Waals surface area (Å²) in [6.45, 7) is 6.01. The highest BCUT2D eigenvalue weighted by molar-refractivity contribution is 6.06. The van der Waals surface area contributed by atoms with E-state index in [1.165, 1.54) is 12.8 Å². The van der Waals surface area contributed by atoms with E-state index >= 15 is 0 Å². The first-order chi connectivity index (χ1) is 14.1. The molecule has 1 saturated carbocycles. The van der Waals surface area contributed by atoms with Crippen LogP contribution in [0.3, 0.4) is 0 Å². The van der Waals surface area contributed by atoms with Crippen LogP contribution >= 0.6 is 0 Å². The fourth-order valence-electron chi connectivity index (χ4n) is 4.23. The van der Waals surface area contributed by atoms with E-state index < -0.39 is 0 Å². The van der Waals surface area contributed by atoms with Gasteiger partial charge in [-0.15, -0.1) is 0 Å². The Labute approximate surface area is 169 Å². The number of anilines is 1. The maximum atomic E-state index is 12.9. The van der Waals surface area contributed by atoms with Gasteiger partial charge in [0, 0.05) is 42.2 Å². The Bertz CT molecular complexity index is 1060. The van der Waals surface area contributed by atoms with Crippen LogP contribution in [0.25, 0.3) is 10.9 Å². The Balaban J connectivity index is 1.26. The molecule has 1 aromatic carbocycles. The molecule has 2 unspecified atom stereocenters. The molecule has 5 rings (SSSR count). The molecule has 7 nitrogen and oxygen atoms in total. The Kier molecular flexibility index (Phi) is 4.45. The molecule has 1 amide bonds. The van der Waals surface area contributed by atoms with E-state index in [0.717, 1.165) is 47.7 Å². The van der Waals surface area contributed by atoms with E-state index in [0.29, 0.717) is 17.4 Å². The van der Waals surface area contributed by atoms with Crippen LogP contribution in [0.4, 0.5) is 5.82 Å². The van der Waals surface area contributed by atoms with Crippen molar-refractivity contribution >= 4 is 22.6 Å². The number of fused-ring (bicyclic) bond motifs is 1. The third-order valence-electron chi connectivity index (χ3n) is 6.14. The second-order valence-corrected chi connectivity index (χ2v) is 8.39. The Hall–Kier alpha value is -2.96. The number of aromatic amines is 1. The molecule has 150 valence electrons. The Morgan fingerprint density at radius 2 is 2.14 bits per heavy atom. The summed E-state index contributed by atoms with van der Waals surface area (Å²) >= 11 is 0. The summed E-state index contributed by atoms with van der Waals surface area (Å²) in [5.74, 6) is 2.93. The standard InChI is InChI=1S/C22H26N6O/c1-13-10-20(26-21(24-13)15-6-7-15)28-9-8-16(12-28)14(2)25-22(29)17-4-3-5-19-18(17)11-23-27-19/h3-5,10-11,14-16H,6-9,12H2,1-2H3,(H,23,27)(H,25,29). The van der Waals surface area contributed by atoms with E-state index in [2.05, 4.69) is 38.4 Å². The van der Waals surface area contributed by atoms with Crippen molar-refractivity contribution < 1.29 is 4.79 Å². The molecule has 2 atom stereocenters. The van der Waals surface area contributed by atoms with Crippen molar-refractivity contribution in [1.29, 1.82) is 0 Å². The molecule has 2 aliphatic rings. The van der Waals surface area contributed by atoms with Crippen LogP contribution in [-0.2, 0) is 0 Å². The molecule has 2 fully saturated rings. The van der Waals surface area contributed by atoms with Crippen molar-refractivity contribution in [2.75, 3.05) is 18.0 Å². The summed E-state index contributed by atoms with van der Waals surface area (Å²) in [7, 11) is 0. The molecule has 1 aliphatic heterocycles. The number of hydrogen-bond acceptors (Lipinski definition) is 5. The van der Waals surface area contributed by atoms with Gasteiger partial charge in [0.1, 0.15) is 11.6 Å². The summed E-state index contributed by atoms with van der Waals surface area (Å²) in [6, 6.07) is 7.82. The van der Waals surface area contributed by atoms with Gasteiger partial charge in [-0.1, -0.05) is 6.07 Å². The minimum absolute atomic E-state index is 0.0446. The van der Waals surface area contributed by atoms with Crippen molar-refractivity contribution in [3.8, 4) is 0 Å². The molecule has 0 radical (unpaired) electrons. The number of hydrogen-bond donors (Lipinski definition) is 2. The molecule has 7 heteroatoms.